The van der Waals surface area contributed by atoms with Crippen molar-refractivity contribution in [3.8, 4) is 0 Å². The van der Waals surface area contributed by atoms with Crippen molar-refractivity contribution in [1.29, 1.82) is 0 Å². The average Bonchev–Trinajstić information content (AvgIpc) is 2.88. The van der Waals surface area contributed by atoms with Gasteiger partial charge in [0.1, 0.15) is 0 Å². The summed E-state index contributed by atoms with van der Waals surface area (Å²) in [4.78, 5) is 11.9. The van der Waals surface area contributed by atoms with Gasteiger partial charge in [-0.1, -0.05) is 49.2 Å². The molecule has 3 aromatic rings. The molecule has 3 heterocycles. The number of hydrogen-bond donors (Lipinski definition) is 2. The molecule has 0 fully saturated rings. The van der Waals surface area contributed by atoms with Gasteiger partial charge in [-0.2, -0.15) is 0 Å². The molecule has 0 unspecified atom stereocenters. The molecule has 0 saturated heterocycles. The van der Waals surface area contributed by atoms with Gasteiger partial charge in [-0.3, -0.25) is 14.9 Å². The predicted molar refractivity (Wildman–Crippen MR) is 139 cm³/mol. The van der Waals surface area contributed by atoms with Crippen LogP contribution in [-0.2, 0) is 32.5 Å². The summed E-state index contributed by atoms with van der Waals surface area (Å²) >= 11 is 0. The number of pyridine rings is 2. The number of fused-ring (bicyclic) bond motifs is 2. The molecule has 4 rings (SSSR count). The van der Waals surface area contributed by atoms with Crippen LogP contribution in [0.1, 0.15) is 53.9 Å². The van der Waals surface area contributed by atoms with Crippen molar-refractivity contribution in [2.75, 3.05) is 26.2 Å². The molecule has 2 bridgehead atoms. The second kappa shape index (κ2) is 14.0. The fourth-order valence-corrected chi connectivity index (χ4v) is 4.48. The Bertz CT molecular complexity index is 958. The van der Waals surface area contributed by atoms with Crippen LogP contribution in [0.15, 0.2) is 66.9 Å². The lowest BCUT2D eigenvalue weighted by Crippen LogP contribution is -2.33. The van der Waals surface area contributed by atoms with Crippen LogP contribution in [0.3, 0.4) is 0 Å². The number of nitrogens with zero attached hydrogens (tertiary/aromatic N) is 3. The average molecular weight is 458 g/mol. The highest BCUT2D eigenvalue weighted by atomic mass is 15.1. The van der Waals surface area contributed by atoms with Gasteiger partial charge in [-0.05, 0) is 61.2 Å². The van der Waals surface area contributed by atoms with Gasteiger partial charge in [0.2, 0.25) is 0 Å². The molecule has 180 valence electrons. The Morgan fingerprint density at radius 2 is 1.56 bits per heavy atom. The van der Waals surface area contributed by atoms with Crippen LogP contribution in [0.2, 0.25) is 0 Å². The molecule has 0 radical (unpaired) electrons. The molecular weight excluding hydrogens is 418 g/mol. The van der Waals surface area contributed by atoms with Crippen LogP contribution in [0.5, 0.6) is 0 Å². The molecule has 5 heteroatoms. The van der Waals surface area contributed by atoms with E-state index in [2.05, 4.69) is 69.0 Å². The maximum absolute atomic E-state index is 4.93. The number of nitrogens with one attached hydrogen (secondary N) is 2. The van der Waals surface area contributed by atoms with Crippen molar-refractivity contribution in [1.82, 2.24) is 25.5 Å². The van der Waals surface area contributed by atoms with Gasteiger partial charge < -0.3 is 10.6 Å². The molecular formula is C29H39N5. The van der Waals surface area contributed by atoms with E-state index in [1.165, 1.54) is 48.2 Å². The van der Waals surface area contributed by atoms with Crippen LogP contribution in [0, 0.1) is 0 Å². The first-order valence-corrected chi connectivity index (χ1v) is 12.9. The normalized spacial score (nSPS) is 16.5. The first-order valence-electron chi connectivity index (χ1n) is 12.9. The van der Waals surface area contributed by atoms with E-state index in [9.17, 15) is 0 Å². The molecule has 5 nitrogen and oxygen atoms in total. The number of benzene rings is 1. The summed E-state index contributed by atoms with van der Waals surface area (Å²) in [6, 6.07) is 21.6. The second-order valence-corrected chi connectivity index (χ2v) is 9.30. The second-order valence-electron chi connectivity index (χ2n) is 9.30. The highest BCUT2D eigenvalue weighted by Gasteiger charge is 2.09. The van der Waals surface area contributed by atoms with E-state index in [4.69, 9.17) is 4.98 Å². The van der Waals surface area contributed by atoms with Gasteiger partial charge in [0.15, 0.2) is 0 Å². The Morgan fingerprint density at radius 1 is 0.735 bits per heavy atom. The predicted octanol–water partition coefficient (Wildman–Crippen LogP) is 4.52. The number of aromatic nitrogens is 2. The Labute approximate surface area is 205 Å². The number of hydrogen-bond acceptors (Lipinski definition) is 5. The van der Waals surface area contributed by atoms with E-state index in [0.717, 1.165) is 64.3 Å². The van der Waals surface area contributed by atoms with Gasteiger partial charge in [-0.25, -0.2) is 0 Å². The van der Waals surface area contributed by atoms with Crippen LogP contribution < -0.4 is 10.6 Å². The zero-order chi connectivity index (χ0) is 23.3. The van der Waals surface area contributed by atoms with Crippen LogP contribution in [0.4, 0.5) is 0 Å². The molecule has 0 atom stereocenters. The molecule has 2 N–H and O–H groups in total. The van der Waals surface area contributed by atoms with E-state index in [-0.39, 0.29) is 0 Å². The third-order valence-electron chi connectivity index (χ3n) is 6.48. The summed E-state index contributed by atoms with van der Waals surface area (Å²) in [6.07, 6.45) is 9.07. The molecule has 34 heavy (non-hydrogen) atoms. The Hall–Kier alpha value is -2.60. The topological polar surface area (TPSA) is 53.1 Å². The minimum absolute atomic E-state index is 0.790. The Kier molecular flexibility index (Phi) is 10.1. The summed E-state index contributed by atoms with van der Waals surface area (Å²) in [5, 5.41) is 7.14. The lowest BCUT2D eigenvalue weighted by atomic mass is 10.1. The fraction of sp³-hybridized carbons (Fsp3) is 0.448. The molecule has 1 aliphatic heterocycles. The van der Waals surface area contributed by atoms with Crippen LogP contribution in [0.25, 0.3) is 0 Å². The first-order chi connectivity index (χ1) is 16.8. The van der Waals surface area contributed by atoms with E-state index >= 15 is 0 Å². The summed E-state index contributed by atoms with van der Waals surface area (Å²) in [7, 11) is 0. The van der Waals surface area contributed by atoms with Crippen LogP contribution >= 0.6 is 0 Å². The molecule has 0 saturated carbocycles. The van der Waals surface area contributed by atoms with Gasteiger partial charge >= 0.3 is 0 Å². The zero-order valence-corrected chi connectivity index (χ0v) is 20.4. The first kappa shape index (κ1) is 24.5. The van der Waals surface area contributed by atoms with Crippen molar-refractivity contribution in [2.24, 2.45) is 0 Å². The Morgan fingerprint density at radius 3 is 2.41 bits per heavy atom. The van der Waals surface area contributed by atoms with Crippen molar-refractivity contribution in [3.63, 3.8) is 0 Å². The number of aryl methyl sites for hydroxylation is 1. The van der Waals surface area contributed by atoms with E-state index in [0.29, 0.717) is 0 Å². The van der Waals surface area contributed by atoms with Crippen molar-refractivity contribution < 1.29 is 0 Å². The lowest BCUT2D eigenvalue weighted by Gasteiger charge is -2.23. The lowest BCUT2D eigenvalue weighted by molar-refractivity contribution is 0.267. The fourth-order valence-electron chi connectivity index (χ4n) is 4.48. The summed E-state index contributed by atoms with van der Waals surface area (Å²) < 4.78 is 0. The highest BCUT2D eigenvalue weighted by molar-refractivity contribution is 5.22. The third-order valence-corrected chi connectivity index (χ3v) is 6.48. The van der Waals surface area contributed by atoms with Crippen molar-refractivity contribution >= 4 is 0 Å². The van der Waals surface area contributed by atoms with Gasteiger partial charge in [-0.15, -0.1) is 0 Å². The number of rotatable bonds is 6. The molecule has 0 amide bonds. The quantitative estimate of drug-likeness (QED) is 0.570. The smallest absolute Gasteiger partial charge is 0.0541 e. The maximum atomic E-state index is 4.93. The van der Waals surface area contributed by atoms with Gasteiger partial charge in [0.05, 0.1) is 5.69 Å². The zero-order valence-electron chi connectivity index (χ0n) is 20.4. The van der Waals surface area contributed by atoms with Crippen molar-refractivity contribution in [3.05, 3.63) is 95.1 Å². The molecule has 2 aromatic heterocycles. The molecule has 0 aliphatic carbocycles. The monoisotopic (exact) mass is 457 g/mol. The third kappa shape index (κ3) is 8.64. The minimum Gasteiger partial charge on any atom is -0.315 e. The SMILES string of the molecule is c1ccc(CNCc2ccc(CN3CCNCCCCCCc4cccc(n4)CC3)cc2)nc1. The van der Waals surface area contributed by atoms with E-state index in [1.807, 2.05) is 18.3 Å². The standard InChI is InChI=1S/C29H39N5/c1-2-5-17-30-19-21-34(20-16-28-11-7-10-27(33-28)8-3-1)24-26-14-12-25(13-15-26)22-31-23-29-9-4-6-18-32-29/h4,6-7,9-15,18,30-31H,1-3,5,8,16-17,19-24H2. The summed E-state index contributed by atoms with van der Waals surface area (Å²) in [5.74, 6) is 0. The molecule has 1 aliphatic rings. The molecule has 1 aromatic carbocycles. The van der Waals surface area contributed by atoms with Crippen LogP contribution in [-0.4, -0.2) is 41.0 Å². The summed E-state index contributed by atoms with van der Waals surface area (Å²) in [5.41, 5.74) is 6.22. The largest absolute Gasteiger partial charge is 0.315 e. The van der Waals surface area contributed by atoms with Gasteiger partial charge in [0.25, 0.3) is 0 Å². The summed E-state index contributed by atoms with van der Waals surface area (Å²) in [6.45, 7) is 6.88. The minimum atomic E-state index is 0.790. The Balaban J connectivity index is 1.31. The highest BCUT2D eigenvalue weighted by Crippen LogP contribution is 2.11. The molecule has 0 spiro atoms. The van der Waals surface area contributed by atoms with Crippen molar-refractivity contribution in [2.45, 2.75) is 58.2 Å². The van der Waals surface area contributed by atoms with E-state index < -0.39 is 0 Å². The maximum Gasteiger partial charge on any atom is 0.0541 e. The van der Waals surface area contributed by atoms with Gasteiger partial charge in [0, 0.05) is 63.3 Å². The van der Waals surface area contributed by atoms with E-state index in [1.54, 1.807) is 0 Å².